The van der Waals surface area contributed by atoms with E-state index < -0.39 is 17.6 Å². The molecule has 4 rings (SSSR count). The molecule has 0 radical (unpaired) electrons. The summed E-state index contributed by atoms with van der Waals surface area (Å²) in [5, 5.41) is 5.59. The number of benzene rings is 2. The maximum atomic E-state index is 13.1. The number of aryl methyl sites for hydroxylation is 1. The lowest BCUT2D eigenvalue weighted by Gasteiger charge is -2.34. The third-order valence-electron chi connectivity index (χ3n) is 6.55. The van der Waals surface area contributed by atoms with Crippen LogP contribution < -0.4 is 10.6 Å². The Kier molecular flexibility index (Phi) is 7.76. The van der Waals surface area contributed by atoms with E-state index >= 15 is 0 Å². The van der Waals surface area contributed by atoms with Crippen molar-refractivity contribution in [3.05, 3.63) is 65.2 Å². The highest BCUT2D eigenvalue weighted by atomic mass is 19.4. The molecule has 2 aromatic rings. The number of alkyl halides is 3. The lowest BCUT2D eigenvalue weighted by molar-refractivity contribution is -0.137. The normalized spacial score (nSPS) is 18.2. The van der Waals surface area contributed by atoms with Crippen LogP contribution in [0, 0.1) is 12.8 Å². The molecule has 1 aliphatic heterocycles. The van der Waals surface area contributed by atoms with Gasteiger partial charge in [0, 0.05) is 26.2 Å². The van der Waals surface area contributed by atoms with Crippen LogP contribution in [0.4, 0.5) is 18.9 Å². The van der Waals surface area contributed by atoms with Gasteiger partial charge in [-0.15, -0.1) is 0 Å². The molecule has 2 aliphatic rings. The number of halogens is 3. The van der Waals surface area contributed by atoms with E-state index in [0.717, 1.165) is 24.5 Å². The predicted molar refractivity (Wildman–Crippen MR) is 128 cm³/mol. The molecule has 1 aliphatic carbocycles. The van der Waals surface area contributed by atoms with Crippen LogP contribution in [0.2, 0.25) is 0 Å². The van der Waals surface area contributed by atoms with Gasteiger partial charge >= 0.3 is 6.18 Å². The lowest BCUT2D eigenvalue weighted by Crippen LogP contribution is -2.51. The van der Waals surface area contributed by atoms with Crippen molar-refractivity contribution in [1.82, 2.24) is 15.1 Å². The second-order valence-electron chi connectivity index (χ2n) is 9.44. The maximum absolute atomic E-state index is 13.1. The van der Waals surface area contributed by atoms with E-state index in [4.69, 9.17) is 0 Å². The van der Waals surface area contributed by atoms with E-state index in [0.29, 0.717) is 32.1 Å². The monoisotopic (exact) mass is 488 g/mol. The summed E-state index contributed by atoms with van der Waals surface area (Å²) >= 11 is 0. The zero-order valence-electron chi connectivity index (χ0n) is 19.8. The number of carbonyl (C=O) groups is 2. The zero-order valence-corrected chi connectivity index (χ0v) is 19.8. The van der Waals surface area contributed by atoms with Crippen LogP contribution in [0.15, 0.2) is 48.5 Å². The summed E-state index contributed by atoms with van der Waals surface area (Å²) in [5.74, 6) is -0.0183. The van der Waals surface area contributed by atoms with Gasteiger partial charge < -0.3 is 10.6 Å². The molecule has 0 aromatic heterocycles. The van der Waals surface area contributed by atoms with Gasteiger partial charge in [-0.05, 0) is 43.4 Å². The minimum Gasteiger partial charge on any atom is -0.348 e. The molecule has 0 bridgehead atoms. The number of amides is 2. The third-order valence-corrected chi connectivity index (χ3v) is 6.55. The smallest absolute Gasteiger partial charge is 0.348 e. The van der Waals surface area contributed by atoms with Crippen LogP contribution in [0.1, 0.15) is 35.6 Å². The topological polar surface area (TPSA) is 64.7 Å². The van der Waals surface area contributed by atoms with Gasteiger partial charge in [-0.3, -0.25) is 19.4 Å². The fourth-order valence-corrected chi connectivity index (χ4v) is 4.44. The molecule has 1 heterocycles. The Balaban J connectivity index is 1.23. The Hall–Kier alpha value is -2.91. The van der Waals surface area contributed by atoms with Crippen molar-refractivity contribution in [2.45, 2.75) is 32.0 Å². The van der Waals surface area contributed by atoms with Crippen LogP contribution in [-0.4, -0.2) is 60.9 Å². The highest BCUT2D eigenvalue weighted by molar-refractivity contribution is 5.93. The van der Waals surface area contributed by atoms with E-state index in [1.165, 1.54) is 23.8 Å². The van der Waals surface area contributed by atoms with Crippen LogP contribution >= 0.6 is 0 Å². The molecule has 1 atom stereocenters. The largest absolute Gasteiger partial charge is 0.418 e. The fourth-order valence-electron chi connectivity index (χ4n) is 4.44. The molecule has 1 saturated carbocycles. The molecule has 2 fully saturated rings. The summed E-state index contributed by atoms with van der Waals surface area (Å²) in [6.07, 6.45) is -2.30. The Bertz CT molecular complexity index is 1030. The number of carbonyl (C=O) groups excluding carboxylic acids is 2. The van der Waals surface area contributed by atoms with Crippen LogP contribution in [-0.2, 0) is 15.8 Å². The zero-order chi connectivity index (χ0) is 25.0. The fraction of sp³-hybridized carbons (Fsp3) is 0.462. The minimum absolute atomic E-state index is 0.00338. The highest BCUT2D eigenvalue weighted by Gasteiger charge is 2.35. The predicted octanol–water partition coefficient (Wildman–Crippen LogP) is 3.84. The number of para-hydroxylation sites is 1. The van der Waals surface area contributed by atoms with Crippen molar-refractivity contribution >= 4 is 17.5 Å². The average molecular weight is 489 g/mol. The van der Waals surface area contributed by atoms with Gasteiger partial charge in [0.25, 0.3) is 0 Å². The summed E-state index contributed by atoms with van der Waals surface area (Å²) in [6, 6.07) is 13.3. The summed E-state index contributed by atoms with van der Waals surface area (Å²) in [7, 11) is 0. The number of piperazine rings is 1. The molecule has 1 unspecified atom stereocenters. The first-order chi connectivity index (χ1) is 16.7. The molecule has 0 spiro atoms. The first-order valence-electron chi connectivity index (χ1n) is 12.0. The van der Waals surface area contributed by atoms with Gasteiger partial charge in [0.2, 0.25) is 11.8 Å². The Labute approximate surface area is 203 Å². The molecule has 188 valence electrons. The second kappa shape index (κ2) is 10.8. The average Bonchev–Trinajstić information content (AvgIpc) is 3.64. The second-order valence-corrected chi connectivity index (χ2v) is 9.44. The van der Waals surface area contributed by atoms with Crippen LogP contribution in [0.25, 0.3) is 0 Å². The van der Waals surface area contributed by atoms with E-state index in [-0.39, 0.29) is 30.7 Å². The Morgan fingerprint density at radius 2 is 1.49 bits per heavy atom. The van der Waals surface area contributed by atoms with Crippen molar-refractivity contribution in [2.24, 2.45) is 5.92 Å². The first kappa shape index (κ1) is 25.2. The van der Waals surface area contributed by atoms with Gasteiger partial charge in [0.15, 0.2) is 0 Å². The summed E-state index contributed by atoms with van der Waals surface area (Å²) in [5.41, 5.74) is 1.22. The quantitative estimate of drug-likeness (QED) is 0.593. The summed E-state index contributed by atoms with van der Waals surface area (Å²) < 4.78 is 39.4. The van der Waals surface area contributed by atoms with E-state index in [2.05, 4.69) is 34.9 Å². The molecule has 35 heavy (non-hydrogen) atoms. The van der Waals surface area contributed by atoms with Gasteiger partial charge in [-0.2, -0.15) is 13.2 Å². The number of rotatable bonds is 8. The van der Waals surface area contributed by atoms with Crippen molar-refractivity contribution < 1.29 is 22.8 Å². The summed E-state index contributed by atoms with van der Waals surface area (Å²) in [4.78, 5) is 29.0. The molecule has 1 saturated heterocycles. The minimum atomic E-state index is -4.53. The number of nitrogens with one attached hydrogen (secondary N) is 2. The molecular formula is C26H31F3N4O2. The van der Waals surface area contributed by atoms with Crippen molar-refractivity contribution in [2.75, 3.05) is 44.6 Å². The van der Waals surface area contributed by atoms with Gasteiger partial charge in [0.05, 0.1) is 30.4 Å². The number of hydrogen-bond donors (Lipinski definition) is 2. The van der Waals surface area contributed by atoms with E-state index in [9.17, 15) is 22.8 Å². The van der Waals surface area contributed by atoms with E-state index in [1.54, 1.807) is 0 Å². The SMILES string of the molecule is Cc1ccc(C(NC(=O)CN2CCN(CC(=O)Nc3ccccc3C(F)(F)F)CC2)C2CC2)cc1. The summed E-state index contributed by atoms with van der Waals surface area (Å²) in [6.45, 7) is 4.67. The van der Waals surface area contributed by atoms with Crippen molar-refractivity contribution in [1.29, 1.82) is 0 Å². The van der Waals surface area contributed by atoms with E-state index in [1.807, 2.05) is 16.7 Å². The van der Waals surface area contributed by atoms with Crippen LogP contribution in [0.5, 0.6) is 0 Å². The number of nitrogens with zero attached hydrogens (tertiary/aromatic N) is 2. The Morgan fingerprint density at radius 3 is 2.06 bits per heavy atom. The Morgan fingerprint density at radius 1 is 0.914 bits per heavy atom. The van der Waals surface area contributed by atoms with Crippen molar-refractivity contribution in [3.63, 3.8) is 0 Å². The molecule has 6 nitrogen and oxygen atoms in total. The van der Waals surface area contributed by atoms with Crippen LogP contribution in [0.3, 0.4) is 0 Å². The lowest BCUT2D eigenvalue weighted by atomic mass is 10.0. The van der Waals surface area contributed by atoms with Crippen molar-refractivity contribution in [3.8, 4) is 0 Å². The molecule has 9 heteroatoms. The molecular weight excluding hydrogens is 457 g/mol. The number of anilines is 1. The standard InChI is InChI=1S/C26H31F3N4O2/c1-18-6-8-19(9-7-18)25(20-10-11-20)31-24(35)17-33-14-12-32(13-15-33)16-23(34)30-22-5-3-2-4-21(22)26(27,28)29/h2-9,20,25H,10-17H2,1H3,(H,30,34)(H,31,35). The first-order valence-corrected chi connectivity index (χ1v) is 12.0. The third kappa shape index (κ3) is 7.05. The molecule has 2 N–H and O–H groups in total. The molecule has 2 aromatic carbocycles. The van der Waals surface area contributed by atoms with Gasteiger partial charge in [0.1, 0.15) is 0 Å². The highest BCUT2D eigenvalue weighted by Crippen LogP contribution is 2.41. The van der Waals surface area contributed by atoms with Gasteiger partial charge in [-0.1, -0.05) is 42.0 Å². The maximum Gasteiger partial charge on any atom is 0.418 e. The molecule has 2 amide bonds. The number of hydrogen-bond acceptors (Lipinski definition) is 4. The van der Waals surface area contributed by atoms with Gasteiger partial charge in [-0.25, -0.2) is 0 Å².